The Bertz CT molecular complexity index is 294. The highest BCUT2D eigenvalue weighted by Gasteiger charge is 2.23. The van der Waals surface area contributed by atoms with Crippen LogP contribution in [0, 0.1) is 5.92 Å². The molecule has 2 N–H and O–H groups in total. The summed E-state index contributed by atoms with van der Waals surface area (Å²) < 4.78 is 0. The Morgan fingerprint density at radius 3 is 2.78 bits per heavy atom. The van der Waals surface area contributed by atoms with Crippen LogP contribution in [0.4, 0.5) is 0 Å². The van der Waals surface area contributed by atoms with Gasteiger partial charge in [0.05, 0.1) is 6.54 Å². The molecule has 0 aliphatic carbocycles. The van der Waals surface area contributed by atoms with Gasteiger partial charge in [-0.1, -0.05) is 6.92 Å². The minimum absolute atomic E-state index is 0.0425. The summed E-state index contributed by atoms with van der Waals surface area (Å²) in [5, 5.41) is 6.06. The SMILES string of the molecule is CCN(C)C(=O)CNC(=O)CC1NCCCC1C. The number of likely N-dealkylation sites (N-methyl/N-ethyl adjacent to an activating group) is 1. The van der Waals surface area contributed by atoms with Crippen LogP contribution in [0.1, 0.15) is 33.1 Å². The molecular formula is C13H25N3O2. The van der Waals surface area contributed by atoms with Gasteiger partial charge in [0.25, 0.3) is 0 Å². The van der Waals surface area contributed by atoms with Gasteiger partial charge in [0.2, 0.25) is 11.8 Å². The van der Waals surface area contributed by atoms with Gasteiger partial charge in [-0.25, -0.2) is 0 Å². The quantitative estimate of drug-likeness (QED) is 0.745. The molecule has 2 amide bonds. The number of nitrogens with one attached hydrogen (secondary N) is 2. The average molecular weight is 255 g/mol. The third-order valence-electron chi connectivity index (χ3n) is 3.67. The van der Waals surface area contributed by atoms with Crippen LogP contribution in [0.15, 0.2) is 0 Å². The third kappa shape index (κ3) is 4.64. The molecule has 104 valence electrons. The van der Waals surface area contributed by atoms with E-state index < -0.39 is 0 Å². The Morgan fingerprint density at radius 1 is 1.44 bits per heavy atom. The minimum Gasteiger partial charge on any atom is -0.347 e. The van der Waals surface area contributed by atoms with Crippen molar-refractivity contribution in [3.8, 4) is 0 Å². The largest absolute Gasteiger partial charge is 0.347 e. The first-order valence-corrected chi connectivity index (χ1v) is 6.78. The number of rotatable bonds is 5. The molecule has 1 aliphatic heterocycles. The first-order chi connectivity index (χ1) is 8.54. The maximum Gasteiger partial charge on any atom is 0.241 e. The molecule has 1 heterocycles. The molecule has 2 unspecified atom stereocenters. The molecule has 1 saturated heterocycles. The summed E-state index contributed by atoms with van der Waals surface area (Å²) in [5.74, 6) is 0.438. The minimum atomic E-state index is -0.0458. The lowest BCUT2D eigenvalue weighted by molar-refractivity contribution is -0.131. The molecule has 0 aromatic heterocycles. The van der Waals surface area contributed by atoms with Crippen LogP contribution in [-0.2, 0) is 9.59 Å². The molecule has 0 aromatic carbocycles. The lowest BCUT2D eigenvalue weighted by Crippen LogP contribution is -2.45. The van der Waals surface area contributed by atoms with Crippen LogP contribution in [0.25, 0.3) is 0 Å². The second-order valence-corrected chi connectivity index (χ2v) is 5.07. The summed E-state index contributed by atoms with van der Waals surface area (Å²) in [4.78, 5) is 24.9. The van der Waals surface area contributed by atoms with E-state index in [1.54, 1.807) is 11.9 Å². The first kappa shape index (κ1) is 15.0. The van der Waals surface area contributed by atoms with Gasteiger partial charge in [0.15, 0.2) is 0 Å². The van der Waals surface area contributed by atoms with E-state index in [4.69, 9.17) is 0 Å². The monoisotopic (exact) mass is 255 g/mol. The summed E-state index contributed by atoms with van der Waals surface area (Å²) in [6.45, 7) is 5.83. The molecule has 1 rings (SSSR count). The molecule has 0 spiro atoms. The van der Waals surface area contributed by atoms with E-state index in [9.17, 15) is 9.59 Å². The van der Waals surface area contributed by atoms with Crippen molar-refractivity contribution in [1.29, 1.82) is 0 Å². The predicted octanol–water partition coefficient (Wildman–Crippen LogP) is 0.359. The topological polar surface area (TPSA) is 61.4 Å². The van der Waals surface area contributed by atoms with E-state index >= 15 is 0 Å². The van der Waals surface area contributed by atoms with E-state index in [2.05, 4.69) is 17.6 Å². The maximum absolute atomic E-state index is 11.8. The molecule has 0 aromatic rings. The Labute approximate surface area is 109 Å². The van der Waals surface area contributed by atoms with E-state index in [1.165, 1.54) is 12.8 Å². The molecule has 0 saturated carbocycles. The second kappa shape index (κ2) is 7.36. The summed E-state index contributed by atoms with van der Waals surface area (Å²) in [5.41, 5.74) is 0. The first-order valence-electron chi connectivity index (χ1n) is 6.78. The van der Waals surface area contributed by atoms with Crippen molar-refractivity contribution in [1.82, 2.24) is 15.5 Å². The Balaban J connectivity index is 2.26. The molecule has 0 bridgehead atoms. The molecule has 1 aliphatic rings. The van der Waals surface area contributed by atoms with Gasteiger partial charge in [-0.15, -0.1) is 0 Å². The van der Waals surface area contributed by atoms with Gasteiger partial charge in [0, 0.05) is 26.1 Å². The fourth-order valence-electron chi connectivity index (χ4n) is 2.14. The fraction of sp³-hybridized carbons (Fsp3) is 0.846. The number of carbonyl (C=O) groups is 2. The number of piperidine rings is 1. The maximum atomic E-state index is 11.8. The van der Waals surface area contributed by atoms with E-state index in [0.29, 0.717) is 18.9 Å². The molecule has 5 heteroatoms. The summed E-state index contributed by atoms with van der Waals surface area (Å²) in [6.07, 6.45) is 2.81. The highest BCUT2D eigenvalue weighted by molar-refractivity contribution is 5.84. The van der Waals surface area contributed by atoms with Crippen molar-refractivity contribution in [2.24, 2.45) is 5.92 Å². The van der Waals surface area contributed by atoms with Crippen LogP contribution < -0.4 is 10.6 Å². The zero-order valence-electron chi connectivity index (χ0n) is 11.7. The molecule has 0 radical (unpaired) electrons. The van der Waals surface area contributed by atoms with Crippen LogP contribution in [-0.4, -0.2) is 49.4 Å². The lowest BCUT2D eigenvalue weighted by atomic mass is 9.90. The van der Waals surface area contributed by atoms with Gasteiger partial charge in [-0.3, -0.25) is 9.59 Å². The normalized spacial score (nSPS) is 23.5. The predicted molar refractivity (Wildman–Crippen MR) is 71.1 cm³/mol. The summed E-state index contributed by atoms with van der Waals surface area (Å²) in [6, 6.07) is 0.248. The number of hydrogen-bond acceptors (Lipinski definition) is 3. The standard InChI is InChI=1S/C13H25N3O2/c1-4-16(3)13(18)9-15-12(17)8-11-10(2)6-5-7-14-11/h10-11,14H,4-9H2,1-3H3,(H,15,17). The third-order valence-corrected chi connectivity index (χ3v) is 3.67. The van der Waals surface area contributed by atoms with Crippen molar-refractivity contribution in [2.45, 2.75) is 39.2 Å². The molecule has 2 atom stereocenters. The van der Waals surface area contributed by atoms with Crippen LogP contribution in [0.2, 0.25) is 0 Å². The van der Waals surface area contributed by atoms with E-state index in [-0.39, 0.29) is 24.4 Å². The smallest absolute Gasteiger partial charge is 0.241 e. The van der Waals surface area contributed by atoms with Gasteiger partial charge in [-0.2, -0.15) is 0 Å². The number of nitrogens with zero attached hydrogens (tertiary/aromatic N) is 1. The van der Waals surface area contributed by atoms with Crippen molar-refractivity contribution in [2.75, 3.05) is 26.7 Å². The molecule has 18 heavy (non-hydrogen) atoms. The highest BCUT2D eigenvalue weighted by Crippen LogP contribution is 2.17. The van der Waals surface area contributed by atoms with E-state index in [1.807, 2.05) is 6.92 Å². The molecule has 1 fully saturated rings. The Hall–Kier alpha value is -1.10. The number of hydrogen-bond donors (Lipinski definition) is 2. The van der Waals surface area contributed by atoms with Gasteiger partial charge >= 0.3 is 0 Å². The van der Waals surface area contributed by atoms with Crippen molar-refractivity contribution < 1.29 is 9.59 Å². The highest BCUT2D eigenvalue weighted by atomic mass is 16.2. The number of carbonyl (C=O) groups excluding carboxylic acids is 2. The Morgan fingerprint density at radius 2 is 2.17 bits per heavy atom. The molecule has 5 nitrogen and oxygen atoms in total. The lowest BCUT2D eigenvalue weighted by Gasteiger charge is -2.29. The second-order valence-electron chi connectivity index (χ2n) is 5.07. The zero-order chi connectivity index (χ0) is 13.5. The van der Waals surface area contributed by atoms with Gasteiger partial charge in [-0.05, 0) is 32.2 Å². The van der Waals surface area contributed by atoms with Crippen molar-refractivity contribution in [3.63, 3.8) is 0 Å². The number of amides is 2. The summed E-state index contributed by atoms with van der Waals surface area (Å²) in [7, 11) is 1.74. The fourth-order valence-corrected chi connectivity index (χ4v) is 2.14. The van der Waals surface area contributed by atoms with Crippen LogP contribution in [0.3, 0.4) is 0 Å². The Kier molecular flexibility index (Phi) is 6.12. The van der Waals surface area contributed by atoms with Crippen LogP contribution in [0.5, 0.6) is 0 Å². The average Bonchev–Trinajstić information content (AvgIpc) is 2.37. The van der Waals surface area contributed by atoms with E-state index in [0.717, 1.165) is 6.54 Å². The van der Waals surface area contributed by atoms with Gasteiger partial charge < -0.3 is 15.5 Å². The van der Waals surface area contributed by atoms with Gasteiger partial charge in [0.1, 0.15) is 0 Å². The molecular weight excluding hydrogens is 230 g/mol. The zero-order valence-corrected chi connectivity index (χ0v) is 11.7. The summed E-state index contributed by atoms with van der Waals surface area (Å²) >= 11 is 0. The van der Waals surface area contributed by atoms with Crippen molar-refractivity contribution in [3.05, 3.63) is 0 Å². The van der Waals surface area contributed by atoms with Crippen molar-refractivity contribution >= 4 is 11.8 Å². The van der Waals surface area contributed by atoms with Crippen LogP contribution >= 0.6 is 0 Å².